The summed E-state index contributed by atoms with van der Waals surface area (Å²) in [5.41, 5.74) is 0.789. The van der Waals surface area contributed by atoms with Crippen LogP contribution in [0.2, 0.25) is 20.1 Å². The first-order chi connectivity index (χ1) is 27.0. The van der Waals surface area contributed by atoms with Crippen LogP contribution >= 0.6 is 46.4 Å². The van der Waals surface area contributed by atoms with E-state index in [0.717, 1.165) is 43.2 Å². The van der Waals surface area contributed by atoms with E-state index in [4.69, 9.17) is 50.9 Å². The number of Topliss-reactive ketones (excluding diaryl/α,β-unsaturated/α-hetero) is 2. The number of carbonyl (C=O) groups excluding carboxylic acids is 3. The Kier molecular flexibility index (Phi) is 11.4. The third-order valence-electron chi connectivity index (χ3n) is 10.1. The molecule has 16 nitrogen and oxygen atoms in total. The average Bonchev–Trinajstić information content (AvgIpc) is 3.99. The average molecular weight is 857 g/mol. The van der Waals surface area contributed by atoms with Gasteiger partial charge in [-0.25, -0.2) is 9.59 Å². The maximum absolute atomic E-state index is 13.0. The number of nitrogens with zero attached hydrogens (tertiary/aromatic N) is 10. The van der Waals surface area contributed by atoms with E-state index < -0.39 is 11.7 Å². The standard InChI is InChI=1S/2C18H15Cl2N5O3.CH4/c19-14-6-5-11(16(26)12-7-21-28-17(12)9-1-2-9)15(20)13(14)8-24-18(27)25(23-22-24)10-3-4-10;19-14-6-5-11(17(27)12(7-21)16(26)9-1-2-9)15(20)13(14)8-24-18(28)25(23-22-24)10-3-4-10;/h5-7,9-10H,1-4,8H2;5-6,9-10,12H,1-4,8H2;1H4. The van der Waals surface area contributed by atoms with Crippen molar-refractivity contribution in [3.8, 4) is 6.07 Å². The zero-order chi connectivity index (χ0) is 39.4. The van der Waals surface area contributed by atoms with E-state index in [9.17, 15) is 29.2 Å². The lowest BCUT2D eigenvalue weighted by molar-refractivity contribution is -0.121. The molecule has 0 amide bonds. The second-order valence-corrected chi connectivity index (χ2v) is 15.8. The molecule has 0 radical (unpaired) electrons. The molecule has 4 aliphatic carbocycles. The molecular weight excluding hydrogens is 822 g/mol. The number of hydrogen-bond acceptors (Lipinski definition) is 12. The van der Waals surface area contributed by atoms with Crippen molar-refractivity contribution in [3.05, 3.63) is 105 Å². The number of carbonyl (C=O) groups is 3. The Morgan fingerprint density at radius 1 is 0.737 bits per heavy atom. The topological polar surface area (TPSA) is 206 Å². The molecule has 4 fully saturated rings. The van der Waals surface area contributed by atoms with Crippen LogP contribution in [-0.2, 0) is 17.9 Å². The Bertz CT molecular complexity index is 2570. The van der Waals surface area contributed by atoms with Crippen molar-refractivity contribution in [2.24, 2.45) is 11.8 Å². The van der Waals surface area contributed by atoms with Crippen molar-refractivity contribution in [2.45, 2.75) is 89.9 Å². The fourth-order valence-electron chi connectivity index (χ4n) is 6.23. The summed E-state index contributed by atoms with van der Waals surface area (Å²) in [6.07, 6.45) is 8.39. The molecule has 3 heterocycles. The van der Waals surface area contributed by atoms with E-state index >= 15 is 0 Å². The molecule has 57 heavy (non-hydrogen) atoms. The molecule has 4 saturated carbocycles. The van der Waals surface area contributed by atoms with Gasteiger partial charge in [0.1, 0.15) is 0 Å². The summed E-state index contributed by atoms with van der Waals surface area (Å²) in [7, 11) is 0. The Hall–Kier alpha value is -4.95. The Morgan fingerprint density at radius 2 is 1.25 bits per heavy atom. The molecule has 4 aliphatic rings. The molecule has 20 heteroatoms. The maximum Gasteiger partial charge on any atom is 0.364 e. The number of hydrogen-bond donors (Lipinski definition) is 0. The van der Waals surface area contributed by atoms with E-state index in [2.05, 4.69) is 26.0 Å². The number of nitriles is 1. The van der Waals surface area contributed by atoms with Gasteiger partial charge in [0.25, 0.3) is 0 Å². The normalized spacial score (nSPS) is 16.5. The van der Waals surface area contributed by atoms with Crippen molar-refractivity contribution in [1.82, 2.24) is 44.7 Å². The van der Waals surface area contributed by atoms with Gasteiger partial charge in [-0.2, -0.15) is 24.0 Å². The van der Waals surface area contributed by atoms with Crippen LogP contribution in [0.25, 0.3) is 0 Å². The summed E-state index contributed by atoms with van der Waals surface area (Å²) >= 11 is 25.5. The van der Waals surface area contributed by atoms with Gasteiger partial charge < -0.3 is 4.52 Å². The summed E-state index contributed by atoms with van der Waals surface area (Å²) in [5, 5.41) is 29.4. The largest absolute Gasteiger partial charge is 0.364 e. The van der Waals surface area contributed by atoms with Gasteiger partial charge in [-0.05, 0) is 96.5 Å². The van der Waals surface area contributed by atoms with Crippen molar-refractivity contribution >= 4 is 63.8 Å². The van der Waals surface area contributed by atoms with Crippen LogP contribution in [0.4, 0.5) is 0 Å². The van der Waals surface area contributed by atoms with E-state index in [1.807, 2.05) is 0 Å². The van der Waals surface area contributed by atoms with E-state index in [1.165, 1.54) is 32.4 Å². The Labute approximate surface area is 344 Å². The van der Waals surface area contributed by atoms with E-state index in [1.54, 1.807) is 18.2 Å². The highest BCUT2D eigenvalue weighted by atomic mass is 35.5. The van der Waals surface area contributed by atoms with Crippen LogP contribution in [0.3, 0.4) is 0 Å². The summed E-state index contributed by atoms with van der Waals surface area (Å²) in [5.74, 6) is -2.09. The third kappa shape index (κ3) is 8.11. The van der Waals surface area contributed by atoms with Crippen LogP contribution < -0.4 is 11.4 Å². The first kappa shape index (κ1) is 40.3. The summed E-state index contributed by atoms with van der Waals surface area (Å²) in [6, 6.07) is 8.01. The number of aromatic nitrogens is 9. The van der Waals surface area contributed by atoms with Gasteiger partial charge >= 0.3 is 11.4 Å². The SMILES string of the molecule is C.N#CC(C(=O)c1ccc(Cl)c(Cn2nnn(C3CC3)c2=O)c1Cl)C(=O)C1CC1.O=C(c1cnoc1C1CC1)c1ccc(Cl)c(Cn2nnn(C3CC3)c2=O)c1Cl. The Morgan fingerprint density at radius 3 is 1.72 bits per heavy atom. The van der Waals surface area contributed by atoms with Crippen molar-refractivity contribution in [3.63, 3.8) is 0 Å². The van der Waals surface area contributed by atoms with Crippen LogP contribution in [0.1, 0.15) is 120 Å². The molecule has 0 spiro atoms. The fourth-order valence-corrected chi connectivity index (χ4v) is 7.39. The summed E-state index contributed by atoms with van der Waals surface area (Å²) < 4.78 is 10.3. The zero-order valence-corrected chi connectivity index (χ0v) is 32.3. The molecular formula is C37H34Cl4N10O6. The minimum Gasteiger partial charge on any atom is -0.360 e. The molecule has 0 aliphatic heterocycles. The first-order valence-electron chi connectivity index (χ1n) is 17.9. The molecule has 2 aromatic carbocycles. The molecule has 0 bridgehead atoms. The van der Waals surface area contributed by atoms with E-state index in [-0.39, 0.29) is 93.6 Å². The van der Waals surface area contributed by atoms with Crippen LogP contribution in [0.5, 0.6) is 0 Å². The molecule has 5 aromatic rings. The Balaban J connectivity index is 0.000000171. The van der Waals surface area contributed by atoms with Gasteiger partial charge in [0.2, 0.25) is 0 Å². The monoisotopic (exact) mass is 854 g/mol. The number of ketones is 3. The van der Waals surface area contributed by atoms with Gasteiger partial charge in [0.05, 0.1) is 53.0 Å². The van der Waals surface area contributed by atoms with Crippen molar-refractivity contribution < 1.29 is 18.9 Å². The minimum atomic E-state index is -1.39. The molecule has 0 N–H and O–H groups in total. The maximum atomic E-state index is 13.0. The highest BCUT2D eigenvalue weighted by Gasteiger charge is 2.40. The van der Waals surface area contributed by atoms with Crippen LogP contribution in [0, 0.1) is 23.2 Å². The lowest BCUT2D eigenvalue weighted by atomic mass is 9.91. The molecule has 1 atom stereocenters. The molecule has 1 unspecified atom stereocenters. The number of tetrazole rings is 2. The van der Waals surface area contributed by atoms with Crippen LogP contribution in [0.15, 0.2) is 44.6 Å². The second kappa shape index (κ2) is 16.1. The predicted octanol–water partition coefficient (Wildman–Crippen LogP) is 6.29. The van der Waals surface area contributed by atoms with E-state index in [0.29, 0.717) is 40.3 Å². The third-order valence-corrected chi connectivity index (χ3v) is 11.6. The van der Waals surface area contributed by atoms with Gasteiger partial charge in [-0.3, -0.25) is 14.4 Å². The lowest BCUT2D eigenvalue weighted by Gasteiger charge is -2.12. The van der Waals surface area contributed by atoms with Crippen LogP contribution in [-0.4, -0.2) is 62.1 Å². The predicted molar refractivity (Wildman–Crippen MR) is 206 cm³/mol. The number of halogens is 4. The lowest BCUT2D eigenvalue weighted by Crippen LogP contribution is -2.26. The minimum absolute atomic E-state index is 0. The van der Waals surface area contributed by atoms with Gasteiger partial charge in [-0.1, -0.05) is 59.0 Å². The summed E-state index contributed by atoms with van der Waals surface area (Å²) in [6.45, 7) is -0.0401. The fraction of sp³-hybridized carbons (Fsp3) is 0.432. The second-order valence-electron chi connectivity index (χ2n) is 14.3. The zero-order valence-electron chi connectivity index (χ0n) is 29.3. The quantitative estimate of drug-likeness (QED) is 0.0946. The van der Waals surface area contributed by atoms with Gasteiger partial charge in [0, 0.05) is 44.1 Å². The highest BCUT2D eigenvalue weighted by Crippen LogP contribution is 2.43. The molecule has 0 saturated heterocycles. The summed E-state index contributed by atoms with van der Waals surface area (Å²) in [4.78, 5) is 62.9. The smallest absolute Gasteiger partial charge is 0.360 e. The van der Waals surface area contributed by atoms with Gasteiger partial charge in [0.15, 0.2) is 29.0 Å². The van der Waals surface area contributed by atoms with Crippen molar-refractivity contribution in [1.29, 1.82) is 5.26 Å². The molecule has 3 aromatic heterocycles. The van der Waals surface area contributed by atoms with Gasteiger partial charge in [-0.15, -0.1) is 0 Å². The van der Waals surface area contributed by atoms with Crippen molar-refractivity contribution in [2.75, 3.05) is 0 Å². The highest BCUT2D eigenvalue weighted by molar-refractivity contribution is 6.39. The first-order valence-corrected chi connectivity index (χ1v) is 19.4. The number of benzene rings is 2. The number of rotatable bonds is 13. The molecule has 9 rings (SSSR count). The molecule has 296 valence electrons.